The van der Waals surface area contributed by atoms with Crippen LogP contribution in [0.1, 0.15) is 11.1 Å². The fourth-order valence-corrected chi connectivity index (χ4v) is 0.996. The summed E-state index contributed by atoms with van der Waals surface area (Å²) >= 11 is 0. The molecular weight excluding hydrogens is 190 g/mol. The standard InChI is InChI=1S/C9H8F2N2O/c1-5-6(4-12)2-7(3-8(5)13)14-9(10)11/h2-3,9H,13H2,1H3. The van der Waals surface area contributed by atoms with Gasteiger partial charge >= 0.3 is 6.61 Å². The molecule has 0 unspecified atom stereocenters. The Labute approximate surface area is 79.7 Å². The van der Waals surface area contributed by atoms with Gasteiger partial charge in [0.25, 0.3) is 0 Å². The molecule has 0 aliphatic heterocycles. The van der Waals surface area contributed by atoms with Gasteiger partial charge in [-0.1, -0.05) is 0 Å². The number of halogens is 2. The van der Waals surface area contributed by atoms with E-state index in [2.05, 4.69) is 4.74 Å². The summed E-state index contributed by atoms with van der Waals surface area (Å²) in [6, 6.07) is 4.35. The van der Waals surface area contributed by atoms with Crippen LogP contribution in [0.3, 0.4) is 0 Å². The number of anilines is 1. The first-order chi connectivity index (χ1) is 6.54. The maximum atomic E-state index is 11.8. The Morgan fingerprint density at radius 2 is 2.14 bits per heavy atom. The van der Waals surface area contributed by atoms with Crippen LogP contribution in [0.4, 0.5) is 14.5 Å². The van der Waals surface area contributed by atoms with Gasteiger partial charge in [-0.05, 0) is 18.6 Å². The number of rotatable bonds is 2. The van der Waals surface area contributed by atoms with Crippen LogP contribution in [-0.4, -0.2) is 6.61 Å². The monoisotopic (exact) mass is 198 g/mol. The number of hydrogen-bond donors (Lipinski definition) is 1. The molecule has 1 rings (SSSR count). The van der Waals surface area contributed by atoms with E-state index in [0.29, 0.717) is 5.56 Å². The molecule has 0 heterocycles. The zero-order valence-electron chi connectivity index (χ0n) is 7.42. The van der Waals surface area contributed by atoms with Gasteiger partial charge in [0.15, 0.2) is 0 Å². The molecule has 0 saturated heterocycles. The minimum absolute atomic E-state index is 0.0975. The number of hydrogen-bond acceptors (Lipinski definition) is 3. The number of nitrogen functional groups attached to an aromatic ring is 1. The zero-order chi connectivity index (χ0) is 10.7. The summed E-state index contributed by atoms with van der Waals surface area (Å²) in [5.41, 5.74) is 6.56. The van der Waals surface area contributed by atoms with Crippen molar-refractivity contribution in [3.8, 4) is 11.8 Å². The average molecular weight is 198 g/mol. The third-order valence-electron chi connectivity index (χ3n) is 1.77. The molecule has 5 heteroatoms. The first-order valence-electron chi connectivity index (χ1n) is 3.79. The van der Waals surface area contributed by atoms with Crippen molar-refractivity contribution in [2.75, 3.05) is 5.73 Å². The topological polar surface area (TPSA) is 59.0 Å². The van der Waals surface area contributed by atoms with E-state index < -0.39 is 6.61 Å². The average Bonchev–Trinajstić information content (AvgIpc) is 2.10. The fraction of sp³-hybridized carbons (Fsp3) is 0.222. The van der Waals surface area contributed by atoms with Crippen molar-refractivity contribution in [2.45, 2.75) is 13.5 Å². The van der Waals surface area contributed by atoms with E-state index in [1.165, 1.54) is 12.1 Å². The van der Waals surface area contributed by atoms with Crippen molar-refractivity contribution in [1.82, 2.24) is 0 Å². The molecule has 0 aromatic heterocycles. The smallest absolute Gasteiger partial charge is 0.387 e. The molecule has 0 fully saturated rings. The summed E-state index contributed by atoms with van der Waals surface area (Å²) in [6.45, 7) is -1.27. The van der Waals surface area contributed by atoms with Crippen LogP contribution in [0, 0.1) is 18.3 Å². The lowest BCUT2D eigenvalue weighted by Crippen LogP contribution is -2.03. The molecule has 0 radical (unpaired) electrons. The molecule has 14 heavy (non-hydrogen) atoms. The summed E-state index contributed by atoms with van der Waals surface area (Å²) in [5.74, 6) is -0.0975. The van der Waals surface area contributed by atoms with Crippen molar-refractivity contribution in [3.63, 3.8) is 0 Å². The van der Waals surface area contributed by atoms with Crippen LogP contribution in [-0.2, 0) is 0 Å². The molecule has 1 aromatic rings. The second-order valence-corrected chi connectivity index (χ2v) is 2.68. The fourth-order valence-electron chi connectivity index (χ4n) is 0.996. The van der Waals surface area contributed by atoms with E-state index >= 15 is 0 Å². The van der Waals surface area contributed by atoms with Gasteiger partial charge in [0.2, 0.25) is 0 Å². The predicted molar refractivity (Wildman–Crippen MR) is 46.9 cm³/mol. The SMILES string of the molecule is Cc1c(N)cc(OC(F)F)cc1C#N. The molecule has 0 aliphatic rings. The second kappa shape index (κ2) is 3.92. The Bertz CT molecular complexity index is 385. The molecule has 3 nitrogen and oxygen atoms in total. The maximum absolute atomic E-state index is 11.8. The lowest BCUT2D eigenvalue weighted by atomic mass is 10.1. The molecule has 0 saturated carbocycles. The van der Waals surface area contributed by atoms with Gasteiger partial charge in [0, 0.05) is 11.8 Å². The number of nitriles is 1. The van der Waals surface area contributed by atoms with E-state index in [1.54, 1.807) is 6.92 Å². The Balaban J connectivity index is 3.11. The molecule has 2 N–H and O–H groups in total. The molecule has 74 valence electrons. The van der Waals surface area contributed by atoms with Gasteiger partial charge in [-0.3, -0.25) is 0 Å². The van der Waals surface area contributed by atoms with E-state index in [1.807, 2.05) is 6.07 Å². The molecular formula is C9H8F2N2O. The number of alkyl halides is 2. The van der Waals surface area contributed by atoms with Crippen LogP contribution >= 0.6 is 0 Å². The van der Waals surface area contributed by atoms with Crippen molar-refractivity contribution in [1.29, 1.82) is 5.26 Å². The zero-order valence-corrected chi connectivity index (χ0v) is 7.42. The highest BCUT2D eigenvalue weighted by Gasteiger charge is 2.09. The van der Waals surface area contributed by atoms with Crippen molar-refractivity contribution < 1.29 is 13.5 Å². The van der Waals surface area contributed by atoms with Gasteiger partial charge < -0.3 is 10.5 Å². The second-order valence-electron chi connectivity index (χ2n) is 2.68. The van der Waals surface area contributed by atoms with Gasteiger partial charge in [0.1, 0.15) is 5.75 Å². The van der Waals surface area contributed by atoms with Gasteiger partial charge in [-0.15, -0.1) is 0 Å². The minimum atomic E-state index is -2.91. The van der Waals surface area contributed by atoms with Crippen LogP contribution in [0.2, 0.25) is 0 Å². The van der Waals surface area contributed by atoms with Crippen LogP contribution < -0.4 is 10.5 Å². The molecule has 0 aliphatic carbocycles. The Hall–Kier alpha value is -1.83. The number of nitrogens with zero attached hydrogens (tertiary/aromatic N) is 1. The van der Waals surface area contributed by atoms with Crippen LogP contribution in [0.15, 0.2) is 12.1 Å². The van der Waals surface area contributed by atoms with Crippen molar-refractivity contribution in [3.05, 3.63) is 23.3 Å². The minimum Gasteiger partial charge on any atom is -0.435 e. The third kappa shape index (κ3) is 2.10. The highest BCUT2D eigenvalue weighted by atomic mass is 19.3. The van der Waals surface area contributed by atoms with E-state index in [-0.39, 0.29) is 17.0 Å². The van der Waals surface area contributed by atoms with Gasteiger partial charge in [-0.25, -0.2) is 0 Å². The summed E-state index contributed by atoms with van der Waals surface area (Å²) in [5, 5.41) is 8.65. The van der Waals surface area contributed by atoms with Crippen LogP contribution in [0.5, 0.6) is 5.75 Å². The van der Waals surface area contributed by atoms with Gasteiger partial charge in [-0.2, -0.15) is 14.0 Å². The first kappa shape index (κ1) is 10.3. The quantitative estimate of drug-likeness (QED) is 0.740. The summed E-state index contributed by atoms with van der Waals surface area (Å²) in [7, 11) is 0. The van der Waals surface area contributed by atoms with Crippen LogP contribution in [0.25, 0.3) is 0 Å². The van der Waals surface area contributed by atoms with E-state index in [9.17, 15) is 8.78 Å². The molecule has 1 aromatic carbocycles. The third-order valence-corrected chi connectivity index (χ3v) is 1.77. The number of ether oxygens (including phenoxy) is 1. The van der Waals surface area contributed by atoms with E-state index in [4.69, 9.17) is 11.0 Å². The Morgan fingerprint density at radius 1 is 1.50 bits per heavy atom. The molecule has 0 bridgehead atoms. The van der Waals surface area contributed by atoms with Crippen molar-refractivity contribution in [2.24, 2.45) is 0 Å². The number of nitrogens with two attached hydrogens (primary N) is 1. The summed E-state index contributed by atoms with van der Waals surface area (Å²) in [4.78, 5) is 0. The van der Waals surface area contributed by atoms with E-state index in [0.717, 1.165) is 0 Å². The molecule has 0 atom stereocenters. The molecule has 0 spiro atoms. The maximum Gasteiger partial charge on any atom is 0.387 e. The first-order valence-corrected chi connectivity index (χ1v) is 3.79. The lowest BCUT2D eigenvalue weighted by molar-refractivity contribution is -0.0498. The normalized spacial score (nSPS) is 9.93. The predicted octanol–water partition coefficient (Wildman–Crippen LogP) is 2.05. The highest BCUT2D eigenvalue weighted by molar-refractivity contribution is 5.58. The largest absolute Gasteiger partial charge is 0.435 e. The van der Waals surface area contributed by atoms with Crippen molar-refractivity contribution >= 4 is 5.69 Å². The lowest BCUT2D eigenvalue weighted by Gasteiger charge is -2.08. The number of benzene rings is 1. The van der Waals surface area contributed by atoms with Gasteiger partial charge in [0.05, 0.1) is 11.6 Å². The summed E-state index contributed by atoms with van der Waals surface area (Å²) in [6.07, 6.45) is 0. The molecule has 0 amide bonds. The summed E-state index contributed by atoms with van der Waals surface area (Å²) < 4.78 is 27.8. The Kier molecular flexibility index (Phi) is 2.87. The highest BCUT2D eigenvalue weighted by Crippen LogP contribution is 2.24. The Morgan fingerprint density at radius 3 is 2.64 bits per heavy atom.